The van der Waals surface area contributed by atoms with Crippen molar-refractivity contribution in [3.63, 3.8) is 0 Å². The summed E-state index contributed by atoms with van der Waals surface area (Å²) >= 11 is 0. The van der Waals surface area contributed by atoms with Gasteiger partial charge in [0, 0.05) is 18.8 Å². The second kappa shape index (κ2) is 3.59. The number of nitrogens with zero attached hydrogens (tertiary/aromatic N) is 1. The molecule has 64 valence electrons. The van der Waals surface area contributed by atoms with Crippen molar-refractivity contribution in [1.82, 2.24) is 0 Å². The molecule has 1 fully saturated rings. The molecule has 0 unspecified atom stereocenters. The lowest BCUT2D eigenvalue weighted by Crippen LogP contribution is -2.36. The van der Waals surface area contributed by atoms with E-state index in [2.05, 4.69) is 0 Å². The highest BCUT2D eigenvalue weighted by Crippen LogP contribution is 2.13. The highest BCUT2D eigenvalue weighted by atomic mass is 16.5. The summed E-state index contributed by atoms with van der Waals surface area (Å²) in [5, 5.41) is 0. The highest BCUT2D eigenvalue weighted by Gasteiger charge is 2.09. The fourth-order valence-corrected chi connectivity index (χ4v) is 1.27. The van der Waals surface area contributed by atoms with Crippen molar-refractivity contribution in [2.75, 3.05) is 31.2 Å². The van der Waals surface area contributed by atoms with Gasteiger partial charge in [-0.3, -0.25) is 0 Å². The Morgan fingerprint density at radius 2 is 1.92 bits per heavy atom. The summed E-state index contributed by atoms with van der Waals surface area (Å²) in [5.41, 5.74) is 0.620. The molecule has 1 aliphatic heterocycles. The summed E-state index contributed by atoms with van der Waals surface area (Å²) in [6.45, 7) is 2.72. The Kier molecular flexibility index (Phi) is 1.46. The lowest BCUT2D eigenvalue weighted by molar-refractivity contribution is 0.122. The topological polar surface area (TPSA) is 12.5 Å². The Balaban J connectivity index is 2.33. The van der Waals surface area contributed by atoms with Crippen molar-refractivity contribution in [1.29, 1.82) is 0 Å². The minimum absolute atomic E-state index is 0.224. The zero-order valence-electron chi connectivity index (χ0n) is 9.84. The van der Waals surface area contributed by atoms with Crippen molar-refractivity contribution in [3.05, 3.63) is 30.3 Å². The molecule has 2 rings (SSSR count). The fraction of sp³-hybridized carbons (Fsp3) is 0.400. The second-order valence-corrected chi connectivity index (χ2v) is 2.69. The first kappa shape index (κ1) is 4.87. The fourth-order valence-electron chi connectivity index (χ4n) is 1.27. The molecular weight excluding hydrogens is 150 g/mol. The van der Waals surface area contributed by atoms with Crippen LogP contribution in [-0.2, 0) is 4.74 Å². The van der Waals surface area contributed by atoms with Crippen LogP contribution >= 0.6 is 0 Å². The van der Waals surface area contributed by atoms with E-state index in [0.29, 0.717) is 18.9 Å². The van der Waals surface area contributed by atoms with Crippen LogP contribution < -0.4 is 4.90 Å². The molecule has 0 spiro atoms. The number of morpholine rings is 1. The largest absolute Gasteiger partial charge is 0.378 e. The molecule has 0 atom stereocenters. The van der Waals surface area contributed by atoms with E-state index in [1.165, 1.54) is 12.1 Å². The minimum atomic E-state index is 0.224. The number of rotatable bonds is 1. The lowest BCUT2D eigenvalue weighted by Gasteiger charge is -2.28. The smallest absolute Gasteiger partial charge is 0.0645 e. The Morgan fingerprint density at radius 3 is 2.58 bits per heavy atom. The van der Waals surface area contributed by atoms with Crippen LogP contribution in [0.4, 0.5) is 5.69 Å². The molecule has 2 heteroatoms. The van der Waals surface area contributed by atoms with Gasteiger partial charge in [-0.25, -0.2) is 0 Å². The van der Waals surface area contributed by atoms with Crippen molar-refractivity contribution in [3.8, 4) is 0 Å². The number of anilines is 1. The lowest BCUT2D eigenvalue weighted by atomic mass is 10.3. The van der Waals surface area contributed by atoms with E-state index in [0.717, 1.165) is 13.1 Å². The maximum Gasteiger partial charge on any atom is 0.0645 e. The molecule has 1 heterocycles. The standard InChI is InChI=1S/C10H13NO/c1-2-4-10(5-3-1)11-6-8-12-9-7-11/h1-5H,6-9H2/i1D,4D,5D. The van der Waals surface area contributed by atoms with E-state index in [1.807, 2.05) is 4.90 Å². The quantitative estimate of drug-likeness (QED) is 0.627. The van der Waals surface area contributed by atoms with Crippen molar-refractivity contribution < 1.29 is 8.85 Å². The Hall–Kier alpha value is -1.02. The molecule has 12 heavy (non-hydrogen) atoms. The zero-order valence-corrected chi connectivity index (χ0v) is 6.84. The molecule has 1 aromatic rings. The molecule has 0 bridgehead atoms. The van der Waals surface area contributed by atoms with Crippen molar-refractivity contribution in [2.24, 2.45) is 0 Å². The zero-order chi connectivity index (χ0) is 10.8. The number of hydrogen-bond acceptors (Lipinski definition) is 2. The van der Waals surface area contributed by atoms with Gasteiger partial charge in [-0.15, -0.1) is 0 Å². The van der Waals surface area contributed by atoms with Crippen LogP contribution in [0, 0.1) is 0 Å². The predicted octanol–water partition coefficient (Wildman–Crippen LogP) is 1.52. The van der Waals surface area contributed by atoms with E-state index in [-0.39, 0.29) is 18.1 Å². The van der Waals surface area contributed by atoms with Crippen LogP contribution in [0.5, 0.6) is 0 Å². The van der Waals surface area contributed by atoms with E-state index < -0.39 is 0 Å². The van der Waals surface area contributed by atoms with Gasteiger partial charge in [0.25, 0.3) is 0 Å². The van der Waals surface area contributed by atoms with Crippen LogP contribution in [0.15, 0.2) is 30.3 Å². The normalized spacial score (nSPS) is 21.3. The molecule has 1 aromatic carbocycles. The van der Waals surface area contributed by atoms with Crippen LogP contribution in [0.25, 0.3) is 0 Å². The Morgan fingerprint density at radius 1 is 1.25 bits per heavy atom. The summed E-state index contributed by atoms with van der Waals surface area (Å²) in [4.78, 5) is 1.98. The van der Waals surface area contributed by atoms with Crippen molar-refractivity contribution >= 4 is 5.69 Å². The molecule has 0 radical (unpaired) electrons. The number of hydrogen-bond donors (Lipinski definition) is 0. The van der Waals surface area contributed by atoms with E-state index in [1.54, 1.807) is 0 Å². The van der Waals surface area contributed by atoms with Gasteiger partial charge in [0.15, 0.2) is 0 Å². The molecule has 2 nitrogen and oxygen atoms in total. The van der Waals surface area contributed by atoms with Gasteiger partial charge < -0.3 is 9.64 Å². The van der Waals surface area contributed by atoms with Crippen molar-refractivity contribution in [2.45, 2.75) is 0 Å². The molecule has 0 aliphatic carbocycles. The number of ether oxygens (including phenoxy) is 1. The molecule has 1 aliphatic rings. The maximum absolute atomic E-state index is 7.77. The number of para-hydroxylation sites is 1. The highest BCUT2D eigenvalue weighted by molar-refractivity contribution is 5.46. The average molecular weight is 166 g/mol. The SMILES string of the molecule is [2H]c1cc([2H])c(N2CCOCC2)c([2H])c1. The second-order valence-electron chi connectivity index (χ2n) is 2.69. The summed E-state index contributed by atoms with van der Waals surface area (Å²) in [6, 6.07) is 3.69. The van der Waals surface area contributed by atoms with Gasteiger partial charge in [-0.05, 0) is 12.1 Å². The summed E-state index contributed by atoms with van der Waals surface area (Å²) < 4.78 is 28.2. The molecule has 0 saturated carbocycles. The monoisotopic (exact) mass is 166 g/mol. The van der Waals surface area contributed by atoms with Crippen LogP contribution in [0.1, 0.15) is 4.11 Å². The molecule has 0 N–H and O–H groups in total. The van der Waals surface area contributed by atoms with Crippen LogP contribution in [0.2, 0.25) is 0 Å². The summed E-state index contributed by atoms with van der Waals surface area (Å²) in [6.07, 6.45) is 0. The van der Waals surface area contributed by atoms with E-state index in [9.17, 15) is 0 Å². The first-order valence-electron chi connectivity index (χ1n) is 5.59. The third-order valence-electron chi connectivity index (χ3n) is 1.91. The van der Waals surface area contributed by atoms with Gasteiger partial charge in [0.2, 0.25) is 0 Å². The maximum atomic E-state index is 7.77. The summed E-state index contributed by atoms with van der Waals surface area (Å²) in [7, 11) is 0. The van der Waals surface area contributed by atoms with Gasteiger partial charge in [0.05, 0.1) is 17.3 Å². The molecular formula is C10H13NO. The molecule has 0 amide bonds. The van der Waals surface area contributed by atoms with Crippen LogP contribution in [0.3, 0.4) is 0 Å². The third kappa shape index (κ3) is 1.59. The third-order valence-corrected chi connectivity index (χ3v) is 1.91. The summed E-state index contributed by atoms with van der Waals surface area (Å²) in [5.74, 6) is 0. The van der Waals surface area contributed by atoms with E-state index >= 15 is 0 Å². The van der Waals surface area contributed by atoms with Gasteiger partial charge in [-0.2, -0.15) is 0 Å². The molecule has 0 aromatic heterocycles. The number of benzene rings is 1. The first-order valence-corrected chi connectivity index (χ1v) is 4.09. The Labute approximate surface area is 77.0 Å². The predicted molar refractivity (Wildman–Crippen MR) is 49.5 cm³/mol. The molecule has 1 saturated heterocycles. The Bertz CT molecular complexity index is 341. The van der Waals surface area contributed by atoms with Gasteiger partial charge >= 0.3 is 0 Å². The average Bonchev–Trinajstić information content (AvgIpc) is 2.17. The van der Waals surface area contributed by atoms with Gasteiger partial charge in [0.1, 0.15) is 0 Å². The minimum Gasteiger partial charge on any atom is -0.378 e. The van der Waals surface area contributed by atoms with Crippen LogP contribution in [-0.4, -0.2) is 26.3 Å². The van der Waals surface area contributed by atoms with E-state index in [4.69, 9.17) is 8.85 Å². The first-order chi connectivity index (χ1) is 7.18. The van der Waals surface area contributed by atoms with Gasteiger partial charge in [-0.1, -0.05) is 18.2 Å².